The van der Waals surface area contributed by atoms with Crippen molar-refractivity contribution in [3.8, 4) is 0 Å². The molecule has 0 atom stereocenters. The molecule has 0 bridgehead atoms. The van der Waals surface area contributed by atoms with Crippen molar-refractivity contribution in [2.45, 2.75) is 26.7 Å². The molecule has 0 fully saturated rings. The molecule has 0 saturated heterocycles. The van der Waals surface area contributed by atoms with E-state index in [9.17, 15) is 14.4 Å². The van der Waals surface area contributed by atoms with E-state index >= 15 is 0 Å². The molecule has 0 aliphatic carbocycles. The molecule has 3 rings (SSSR count). The van der Waals surface area contributed by atoms with Crippen LogP contribution in [0.25, 0.3) is 10.9 Å². The Balaban J connectivity index is 1.64. The molecule has 0 radical (unpaired) electrons. The number of thiophene rings is 1. The molecule has 8 heteroatoms. The Kier molecular flexibility index (Phi) is 5.66. The van der Waals surface area contributed by atoms with Gasteiger partial charge in [0.15, 0.2) is 0 Å². The Morgan fingerprint density at radius 1 is 1.30 bits per heavy atom. The Morgan fingerprint density at radius 3 is 2.85 bits per heavy atom. The zero-order chi connectivity index (χ0) is 19.4. The van der Waals surface area contributed by atoms with Gasteiger partial charge in [0.1, 0.15) is 10.7 Å². The number of aryl methyl sites for hydroxylation is 2. The van der Waals surface area contributed by atoms with E-state index in [1.165, 1.54) is 11.3 Å². The predicted octanol–water partition coefficient (Wildman–Crippen LogP) is 3.04. The van der Waals surface area contributed by atoms with E-state index in [2.05, 4.69) is 15.3 Å². The van der Waals surface area contributed by atoms with Crippen molar-refractivity contribution >= 4 is 39.1 Å². The first kappa shape index (κ1) is 18.8. The summed E-state index contributed by atoms with van der Waals surface area (Å²) in [5.74, 6) is -0.149. The van der Waals surface area contributed by atoms with Crippen molar-refractivity contribution < 1.29 is 14.3 Å². The third-order valence-electron chi connectivity index (χ3n) is 3.89. The lowest BCUT2D eigenvalue weighted by Crippen LogP contribution is -2.15. The third kappa shape index (κ3) is 4.40. The number of hydrogen-bond donors (Lipinski definition) is 2. The number of carbonyl (C=O) groups excluding carboxylic acids is 2. The number of ether oxygens (including phenoxy) is 1. The minimum absolute atomic E-state index is 0.160. The number of nitrogens with one attached hydrogen (secondary N) is 2. The van der Waals surface area contributed by atoms with Crippen molar-refractivity contribution in [2.24, 2.45) is 0 Å². The van der Waals surface area contributed by atoms with Crippen LogP contribution < -0.4 is 10.9 Å². The molecule has 0 spiro atoms. The molecular weight excluding hydrogens is 366 g/mol. The zero-order valence-corrected chi connectivity index (χ0v) is 15.8. The van der Waals surface area contributed by atoms with E-state index in [1.807, 2.05) is 6.07 Å². The summed E-state index contributed by atoms with van der Waals surface area (Å²) in [4.78, 5) is 43.7. The summed E-state index contributed by atoms with van der Waals surface area (Å²) in [6.45, 7) is 3.84. The first-order chi connectivity index (χ1) is 13.0. The van der Waals surface area contributed by atoms with Crippen LogP contribution in [-0.4, -0.2) is 28.5 Å². The van der Waals surface area contributed by atoms with Gasteiger partial charge in [0.05, 0.1) is 22.5 Å². The van der Waals surface area contributed by atoms with Crippen molar-refractivity contribution in [1.82, 2.24) is 9.97 Å². The molecule has 0 aliphatic heterocycles. The molecule has 140 valence electrons. The third-order valence-corrected chi connectivity index (χ3v) is 5.02. The summed E-state index contributed by atoms with van der Waals surface area (Å²) >= 11 is 1.18. The van der Waals surface area contributed by atoms with E-state index in [4.69, 9.17) is 4.74 Å². The van der Waals surface area contributed by atoms with E-state index in [-0.39, 0.29) is 17.9 Å². The highest BCUT2D eigenvalue weighted by molar-refractivity contribution is 7.18. The molecule has 0 unspecified atom stereocenters. The maximum absolute atomic E-state index is 12.2. The lowest BCUT2D eigenvalue weighted by Gasteiger charge is -2.04. The summed E-state index contributed by atoms with van der Waals surface area (Å²) in [6.07, 6.45) is 0.466. The Labute approximate surface area is 159 Å². The van der Waals surface area contributed by atoms with Crippen LogP contribution in [-0.2, 0) is 16.0 Å². The van der Waals surface area contributed by atoms with Crippen LogP contribution in [0.15, 0.2) is 35.1 Å². The predicted molar refractivity (Wildman–Crippen MR) is 104 cm³/mol. The molecule has 27 heavy (non-hydrogen) atoms. The summed E-state index contributed by atoms with van der Waals surface area (Å²) in [7, 11) is 0. The van der Waals surface area contributed by atoms with E-state index in [1.54, 1.807) is 38.1 Å². The van der Waals surface area contributed by atoms with Crippen LogP contribution in [0.2, 0.25) is 0 Å². The minimum Gasteiger partial charge on any atom is -0.462 e. The lowest BCUT2D eigenvalue weighted by molar-refractivity contribution is -0.116. The summed E-state index contributed by atoms with van der Waals surface area (Å²) in [5.41, 5.74) is 1.14. The lowest BCUT2D eigenvalue weighted by atomic mass is 10.2. The highest BCUT2D eigenvalue weighted by Crippen LogP contribution is 2.27. The number of H-pyrrole nitrogens is 1. The maximum Gasteiger partial charge on any atom is 0.348 e. The number of para-hydroxylation sites is 1. The number of rotatable bonds is 6. The minimum atomic E-state index is -0.390. The molecule has 3 aromatic rings. The molecule has 2 aromatic heterocycles. The van der Waals surface area contributed by atoms with Crippen LogP contribution in [0, 0.1) is 6.92 Å². The fourth-order valence-corrected chi connectivity index (χ4v) is 3.61. The van der Waals surface area contributed by atoms with Gasteiger partial charge in [-0.2, -0.15) is 0 Å². The van der Waals surface area contributed by atoms with Crippen molar-refractivity contribution in [1.29, 1.82) is 0 Å². The average molecular weight is 385 g/mol. The van der Waals surface area contributed by atoms with Gasteiger partial charge in [-0.15, -0.1) is 11.3 Å². The summed E-state index contributed by atoms with van der Waals surface area (Å²) < 4.78 is 5.00. The van der Waals surface area contributed by atoms with E-state index < -0.39 is 5.97 Å². The van der Waals surface area contributed by atoms with Gasteiger partial charge in [0, 0.05) is 12.8 Å². The fourth-order valence-electron chi connectivity index (χ4n) is 2.63. The van der Waals surface area contributed by atoms with Crippen LogP contribution in [0.5, 0.6) is 0 Å². The number of esters is 1. The summed E-state index contributed by atoms with van der Waals surface area (Å²) in [5, 5.41) is 3.88. The van der Waals surface area contributed by atoms with Crippen molar-refractivity contribution in [3.63, 3.8) is 0 Å². The Morgan fingerprint density at radius 2 is 2.07 bits per heavy atom. The first-order valence-corrected chi connectivity index (χ1v) is 9.35. The molecule has 7 nitrogen and oxygen atoms in total. The largest absolute Gasteiger partial charge is 0.462 e. The van der Waals surface area contributed by atoms with Gasteiger partial charge < -0.3 is 15.0 Å². The average Bonchev–Trinajstić information content (AvgIpc) is 3.00. The molecule has 0 aliphatic rings. The van der Waals surface area contributed by atoms with Crippen LogP contribution in [0.3, 0.4) is 0 Å². The van der Waals surface area contributed by atoms with E-state index in [0.717, 1.165) is 5.56 Å². The van der Waals surface area contributed by atoms with Crippen molar-refractivity contribution in [2.75, 3.05) is 11.9 Å². The van der Waals surface area contributed by atoms with Crippen LogP contribution in [0.4, 0.5) is 5.00 Å². The smallest absolute Gasteiger partial charge is 0.348 e. The Bertz CT molecular complexity index is 1050. The SMILES string of the molecule is CCOC(=O)c1sc(NC(=O)CCc2nc3ccccc3c(=O)[nH]2)cc1C. The molecule has 2 heterocycles. The standard InChI is InChI=1S/C19H19N3O4S/c1-3-26-19(25)17-11(2)10-16(27-17)22-15(23)9-8-14-20-13-7-5-4-6-12(13)18(24)21-14/h4-7,10H,3,8-9H2,1-2H3,(H,22,23)(H,20,21,24). The number of carbonyl (C=O) groups is 2. The van der Waals surface area contributed by atoms with Gasteiger partial charge in [0.25, 0.3) is 5.56 Å². The van der Waals surface area contributed by atoms with Gasteiger partial charge in [-0.25, -0.2) is 9.78 Å². The monoisotopic (exact) mass is 385 g/mol. The second-order valence-electron chi connectivity index (χ2n) is 5.92. The number of fused-ring (bicyclic) bond motifs is 1. The maximum atomic E-state index is 12.2. The summed E-state index contributed by atoms with van der Waals surface area (Å²) in [6, 6.07) is 8.80. The molecular formula is C19H19N3O4S. The Hall–Kier alpha value is -3.00. The van der Waals surface area contributed by atoms with Gasteiger partial charge in [-0.3, -0.25) is 9.59 Å². The molecule has 1 amide bonds. The molecule has 2 N–H and O–H groups in total. The van der Waals surface area contributed by atoms with Gasteiger partial charge in [-0.1, -0.05) is 12.1 Å². The number of amides is 1. The number of anilines is 1. The number of hydrogen-bond acceptors (Lipinski definition) is 6. The highest BCUT2D eigenvalue weighted by atomic mass is 32.1. The van der Waals surface area contributed by atoms with Gasteiger partial charge in [0.2, 0.25) is 5.91 Å². The fraction of sp³-hybridized carbons (Fsp3) is 0.263. The second kappa shape index (κ2) is 8.13. The highest BCUT2D eigenvalue weighted by Gasteiger charge is 2.16. The van der Waals surface area contributed by atoms with Gasteiger partial charge in [-0.05, 0) is 37.6 Å². The van der Waals surface area contributed by atoms with Crippen LogP contribution >= 0.6 is 11.3 Å². The van der Waals surface area contributed by atoms with Gasteiger partial charge >= 0.3 is 5.97 Å². The quantitative estimate of drug-likeness (QED) is 0.635. The van der Waals surface area contributed by atoms with Crippen molar-refractivity contribution in [3.05, 3.63) is 57.0 Å². The number of benzene rings is 1. The molecule has 1 aromatic carbocycles. The number of aromatic amines is 1. The normalized spacial score (nSPS) is 10.7. The second-order valence-corrected chi connectivity index (χ2v) is 6.97. The zero-order valence-electron chi connectivity index (χ0n) is 15.0. The van der Waals surface area contributed by atoms with E-state index in [0.29, 0.717) is 39.6 Å². The number of aromatic nitrogens is 2. The topological polar surface area (TPSA) is 101 Å². The number of nitrogens with zero attached hydrogens (tertiary/aromatic N) is 1. The first-order valence-electron chi connectivity index (χ1n) is 8.53. The molecule has 0 saturated carbocycles. The van der Waals surface area contributed by atoms with Crippen LogP contribution in [0.1, 0.15) is 34.4 Å².